The van der Waals surface area contributed by atoms with Gasteiger partial charge in [-0.2, -0.15) is 0 Å². The number of carbonyl (C=O) groups excluding carboxylic acids is 1. The smallest absolute Gasteiger partial charge is 0.227 e. The monoisotopic (exact) mass is 314 g/mol. The highest BCUT2D eigenvalue weighted by atomic mass is 32.1. The van der Waals surface area contributed by atoms with Crippen LogP contribution in [0.15, 0.2) is 41.8 Å². The van der Waals surface area contributed by atoms with Gasteiger partial charge in [0.1, 0.15) is 0 Å². The van der Waals surface area contributed by atoms with Gasteiger partial charge < -0.3 is 9.80 Å². The van der Waals surface area contributed by atoms with Crippen molar-refractivity contribution in [1.29, 1.82) is 0 Å². The van der Waals surface area contributed by atoms with E-state index in [4.69, 9.17) is 0 Å². The van der Waals surface area contributed by atoms with Crippen LogP contribution < -0.4 is 4.90 Å². The van der Waals surface area contributed by atoms with Gasteiger partial charge in [0.15, 0.2) is 0 Å². The van der Waals surface area contributed by atoms with Crippen LogP contribution in [0.25, 0.3) is 0 Å². The zero-order valence-electron chi connectivity index (χ0n) is 13.0. The predicted octanol–water partition coefficient (Wildman–Crippen LogP) is 3.34. The average molecular weight is 314 g/mol. The summed E-state index contributed by atoms with van der Waals surface area (Å²) >= 11 is 1.66. The Morgan fingerprint density at radius 1 is 1.09 bits per heavy atom. The highest BCUT2D eigenvalue weighted by Gasteiger charge is 2.20. The fraction of sp³-hybridized carbons (Fsp3) is 0.389. The van der Waals surface area contributed by atoms with Crippen LogP contribution in [0.5, 0.6) is 0 Å². The summed E-state index contributed by atoms with van der Waals surface area (Å²) in [6.07, 6.45) is 1.58. The van der Waals surface area contributed by atoms with Crippen LogP contribution in [0.1, 0.15) is 16.9 Å². The van der Waals surface area contributed by atoms with E-state index in [1.54, 1.807) is 11.3 Å². The SMILES string of the molecule is Cc1ccccc1N1CCCN(C(=O)Cc2cccs2)CC1. The highest BCUT2D eigenvalue weighted by molar-refractivity contribution is 7.10. The average Bonchev–Trinajstić information content (AvgIpc) is 2.90. The normalized spacial score (nSPS) is 15.7. The van der Waals surface area contributed by atoms with Crippen LogP contribution in [0, 0.1) is 6.92 Å². The van der Waals surface area contributed by atoms with Crippen LogP contribution >= 0.6 is 11.3 Å². The minimum Gasteiger partial charge on any atom is -0.369 e. The standard InChI is InChI=1S/C18H22N2OS/c1-15-6-2-3-8-17(15)19-9-5-10-20(12-11-19)18(21)14-16-7-4-13-22-16/h2-4,6-8,13H,5,9-12,14H2,1H3. The Kier molecular flexibility index (Phi) is 4.78. The van der Waals surface area contributed by atoms with E-state index in [2.05, 4.69) is 36.1 Å². The third kappa shape index (κ3) is 3.50. The number of para-hydroxylation sites is 1. The molecule has 0 atom stereocenters. The van der Waals surface area contributed by atoms with Gasteiger partial charge in [-0.15, -0.1) is 11.3 Å². The van der Waals surface area contributed by atoms with Gasteiger partial charge in [-0.05, 0) is 36.4 Å². The first-order chi connectivity index (χ1) is 10.7. The summed E-state index contributed by atoms with van der Waals surface area (Å²) < 4.78 is 0. The number of carbonyl (C=O) groups is 1. The molecule has 4 heteroatoms. The molecular formula is C18H22N2OS. The molecule has 116 valence electrons. The third-order valence-electron chi connectivity index (χ3n) is 4.21. The molecule has 2 heterocycles. The molecule has 1 aliphatic rings. The van der Waals surface area contributed by atoms with Crippen LogP contribution in [0.2, 0.25) is 0 Å². The van der Waals surface area contributed by atoms with E-state index < -0.39 is 0 Å². The second-order valence-electron chi connectivity index (χ2n) is 5.76. The molecule has 2 aromatic rings. The number of amides is 1. The minimum absolute atomic E-state index is 0.258. The second-order valence-corrected chi connectivity index (χ2v) is 6.80. The molecule has 1 fully saturated rings. The van der Waals surface area contributed by atoms with Gasteiger partial charge in [-0.3, -0.25) is 4.79 Å². The van der Waals surface area contributed by atoms with E-state index >= 15 is 0 Å². The fourth-order valence-electron chi connectivity index (χ4n) is 3.00. The van der Waals surface area contributed by atoms with Crippen molar-refractivity contribution >= 4 is 22.9 Å². The molecule has 1 aliphatic heterocycles. The highest BCUT2D eigenvalue weighted by Crippen LogP contribution is 2.21. The van der Waals surface area contributed by atoms with Gasteiger partial charge in [0.2, 0.25) is 5.91 Å². The summed E-state index contributed by atoms with van der Waals surface area (Å²) in [7, 11) is 0. The maximum Gasteiger partial charge on any atom is 0.227 e. The number of hydrogen-bond acceptors (Lipinski definition) is 3. The Morgan fingerprint density at radius 2 is 1.95 bits per heavy atom. The Bertz CT molecular complexity index is 624. The maximum atomic E-state index is 12.4. The zero-order valence-corrected chi connectivity index (χ0v) is 13.8. The molecular weight excluding hydrogens is 292 g/mol. The molecule has 1 saturated heterocycles. The number of thiophene rings is 1. The Morgan fingerprint density at radius 3 is 2.73 bits per heavy atom. The Labute approximate surface area is 136 Å². The molecule has 3 nitrogen and oxygen atoms in total. The molecule has 1 aromatic carbocycles. The van der Waals surface area contributed by atoms with E-state index in [1.807, 2.05) is 22.4 Å². The van der Waals surface area contributed by atoms with Crippen molar-refractivity contribution < 1.29 is 4.79 Å². The number of hydrogen-bond donors (Lipinski definition) is 0. The summed E-state index contributed by atoms with van der Waals surface area (Å²) in [5.41, 5.74) is 2.61. The van der Waals surface area contributed by atoms with E-state index in [1.165, 1.54) is 11.3 Å². The van der Waals surface area contributed by atoms with Gasteiger partial charge in [-0.1, -0.05) is 24.3 Å². The summed E-state index contributed by atoms with van der Waals surface area (Å²) in [5.74, 6) is 0.258. The number of anilines is 1. The van der Waals surface area contributed by atoms with Gasteiger partial charge >= 0.3 is 0 Å². The number of aryl methyl sites for hydroxylation is 1. The molecule has 0 bridgehead atoms. The van der Waals surface area contributed by atoms with Crippen molar-refractivity contribution in [3.8, 4) is 0 Å². The molecule has 0 N–H and O–H groups in total. The van der Waals surface area contributed by atoms with Gasteiger partial charge in [0, 0.05) is 36.7 Å². The first kappa shape index (κ1) is 15.1. The number of rotatable bonds is 3. The molecule has 0 spiro atoms. The van der Waals surface area contributed by atoms with E-state index in [0.29, 0.717) is 6.42 Å². The van der Waals surface area contributed by atoms with Crippen molar-refractivity contribution in [3.63, 3.8) is 0 Å². The lowest BCUT2D eigenvalue weighted by Gasteiger charge is -2.25. The van der Waals surface area contributed by atoms with Gasteiger partial charge in [0.25, 0.3) is 0 Å². The lowest BCUT2D eigenvalue weighted by atomic mass is 10.2. The number of benzene rings is 1. The molecule has 0 saturated carbocycles. The first-order valence-electron chi connectivity index (χ1n) is 7.85. The lowest BCUT2D eigenvalue weighted by Crippen LogP contribution is -2.36. The molecule has 1 aromatic heterocycles. The van der Waals surface area contributed by atoms with Crippen LogP contribution in [-0.4, -0.2) is 37.0 Å². The predicted molar refractivity (Wildman–Crippen MR) is 92.6 cm³/mol. The quantitative estimate of drug-likeness (QED) is 0.867. The summed E-state index contributed by atoms with van der Waals surface area (Å²) in [5, 5.41) is 2.03. The van der Waals surface area contributed by atoms with Crippen LogP contribution in [0.4, 0.5) is 5.69 Å². The van der Waals surface area contributed by atoms with Crippen LogP contribution in [0.3, 0.4) is 0 Å². The summed E-state index contributed by atoms with van der Waals surface area (Å²) in [4.78, 5) is 18.0. The maximum absolute atomic E-state index is 12.4. The molecule has 0 unspecified atom stereocenters. The molecule has 22 heavy (non-hydrogen) atoms. The lowest BCUT2D eigenvalue weighted by molar-refractivity contribution is -0.130. The van der Waals surface area contributed by atoms with E-state index in [9.17, 15) is 4.79 Å². The van der Waals surface area contributed by atoms with Crippen molar-refractivity contribution in [3.05, 3.63) is 52.2 Å². The second kappa shape index (κ2) is 6.97. The first-order valence-corrected chi connectivity index (χ1v) is 8.73. The molecule has 0 radical (unpaired) electrons. The van der Waals surface area contributed by atoms with Crippen molar-refractivity contribution in [2.45, 2.75) is 19.8 Å². The topological polar surface area (TPSA) is 23.6 Å². The number of nitrogens with zero attached hydrogens (tertiary/aromatic N) is 2. The van der Waals surface area contributed by atoms with Crippen molar-refractivity contribution in [2.24, 2.45) is 0 Å². The third-order valence-corrected chi connectivity index (χ3v) is 5.09. The molecule has 3 rings (SSSR count). The van der Waals surface area contributed by atoms with Crippen molar-refractivity contribution in [2.75, 3.05) is 31.1 Å². The fourth-order valence-corrected chi connectivity index (χ4v) is 3.70. The van der Waals surface area contributed by atoms with Crippen molar-refractivity contribution in [1.82, 2.24) is 4.90 Å². The largest absolute Gasteiger partial charge is 0.369 e. The molecule has 1 amide bonds. The van der Waals surface area contributed by atoms with E-state index in [-0.39, 0.29) is 5.91 Å². The zero-order chi connectivity index (χ0) is 15.4. The van der Waals surface area contributed by atoms with Gasteiger partial charge in [-0.25, -0.2) is 0 Å². The van der Waals surface area contributed by atoms with E-state index in [0.717, 1.165) is 37.5 Å². The summed E-state index contributed by atoms with van der Waals surface area (Å²) in [6, 6.07) is 12.6. The van der Waals surface area contributed by atoms with Gasteiger partial charge in [0.05, 0.1) is 6.42 Å². The Hall–Kier alpha value is -1.81. The molecule has 0 aliphatic carbocycles. The van der Waals surface area contributed by atoms with Crippen LogP contribution in [-0.2, 0) is 11.2 Å². The summed E-state index contributed by atoms with van der Waals surface area (Å²) in [6.45, 7) is 5.78. The minimum atomic E-state index is 0.258. The Balaban J connectivity index is 1.62.